The highest BCUT2D eigenvalue weighted by molar-refractivity contribution is 9.10. The van der Waals surface area contributed by atoms with Crippen LogP contribution < -0.4 is 0 Å². The van der Waals surface area contributed by atoms with Crippen molar-refractivity contribution in [1.29, 1.82) is 0 Å². The van der Waals surface area contributed by atoms with Crippen LogP contribution in [0.5, 0.6) is 0 Å². The molecule has 2 aromatic rings. The van der Waals surface area contributed by atoms with Crippen molar-refractivity contribution in [2.45, 2.75) is 20.0 Å². The van der Waals surface area contributed by atoms with E-state index in [-0.39, 0.29) is 17.6 Å². The van der Waals surface area contributed by atoms with Gasteiger partial charge in [0.2, 0.25) is 5.91 Å². The molecule has 1 aliphatic rings. The van der Waals surface area contributed by atoms with E-state index in [2.05, 4.69) is 25.9 Å². The molecule has 140 valence electrons. The molecule has 8 heteroatoms. The third-order valence-corrected chi connectivity index (χ3v) is 5.38. The second kappa shape index (κ2) is 8.50. The van der Waals surface area contributed by atoms with Gasteiger partial charge in [-0.15, -0.1) is 0 Å². The summed E-state index contributed by atoms with van der Waals surface area (Å²) in [7, 11) is 0. The number of halogens is 3. The van der Waals surface area contributed by atoms with Crippen molar-refractivity contribution < 1.29 is 9.18 Å². The maximum atomic E-state index is 13.9. The van der Waals surface area contributed by atoms with Crippen molar-refractivity contribution in [3.8, 4) is 0 Å². The first-order chi connectivity index (χ1) is 12.4. The minimum absolute atomic E-state index is 0.125. The van der Waals surface area contributed by atoms with Crippen LogP contribution in [0.4, 0.5) is 4.39 Å². The minimum Gasteiger partial charge on any atom is -0.340 e. The lowest BCUT2D eigenvalue weighted by atomic mass is 10.1. The predicted molar refractivity (Wildman–Crippen MR) is 102 cm³/mol. The zero-order valence-electron chi connectivity index (χ0n) is 14.5. The molecular formula is C18H21BrClFN4O. The lowest BCUT2D eigenvalue weighted by molar-refractivity contribution is -0.137. The molecule has 1 aromatic carbocycles. The molecule has 0 saturated carbocycles. The van der Waals surface area contributed by atoms with E-state index in [1.807, 2.05) is 18.0 Å². The smallest absolute Gasteiger partial charge is 0.227 e. The summed E-state index contributed by atoms with van der Waals surface area (Å²) in [6.45, 7) is 5.62. The first-order valence-electron chi connectivity index (χ1n) is 8.56. The lowest BCUT2D eigenvalue weighted by Gasteiger charge is -2.36. The zero-order chi connectivity index (χ0) is 18.7. The molecular weight excluding hydrogens is 423 g/mol. The van der Waals surface area contributed by atoms with Gasteiger partial charge in [0.1, 0.15) is 5.82 Å². The quantitative estimate of drug-likeness (QED) is 0.711. The molecule has 0 aliphatic carbocycles. The van der Waals surface area contributed by atoms with Gasteiger partial charge in [-0.25, -0.2) is 4.39 Å². The van der Waals surface area contributed by atoms with Crippen LogP contribution in [0, 0.1) is 11.7 Å². The molecule has 0 spiro atoms. The van der Waals surface area contributed by atoms with Crippen molar-refractivity contribution >= 4 is 33.4 Å². The Bertz CT molecular complexity index is 756. The molecule has 1 aromatic heterocycles. The maximum absolute atomic E-state index is 13.9. The van der Waals surface area contributed by atoms with E-state index in [1.165, 1.54) is 6.07 Å². The van der Waals surface area contributed by atoms with Crippen LogP contribution in [0.3, 0.4) is 0 Å². The molecule has 1 unspecified atom stereocenters. The highest BCUT2D eigenvalue weighted by Crippen LogP contribution is 2.21. The fourth-order valence-electron chi connectivity index (χ4n) is 3.14. The third kappa shape index (κ3) is 4.64. The maximum Gasteiger partial charge on any atom is 0.227 e. The summed E-state index contributed by atoms with van der Waals surface area (Å²) in [4.78, 5) is 16.7. The van der Waals surface area contributed by atoms with Gasteiger partial charge in [0.05, 0.1) is 23.1 Å². The largest absolute Gasteiger partial charge is 0.340 e. The molecule has 0 N–H and O–H groups in total. The molecule has 0 radical (unpaired) electrons. The van der Waals surface area contributed by atoms with Crippen LogP contribution in [0.1, 0.15) is 12.5 Å². The number of nitrogens with zero attached hydrogens (tertiary/aromatic N) is 4. The summed E-state index contributed by atoms with van der Waals surface area (Å²) >= 11 is 9.46. The van der Waals surface area contributed by atoms with Crippen LogP contribution in [0.15, 0.2) is 35.1 Å². The summed E-state index contributed by atoms with van der Waals surface area (Å²) < 4.78 is 16.6. The number of carbonyl (C=O) groups excluding carboxylic acids is 1. The van der Waals surface area contributed by atoms with Gasteiger partial charge < -0.3 is 4.90 Å². The highest BCUT2D eigenvalue weighted by atomic mass is 79.9. The van der Waals surface area contributed by atoms with Gasteiger partial charge in [-0.3, -0.25) is 14.4 Å². The number of aromatic nitrogens is 2. The number of carbonyl (C=O) groups is 1. The van der Waals surface area contributed by atoms with Gasteiger partial charge in [-0.1, -0.05) is 24.6 Å². The number of hydrogen-bond acceptors (Lipinski definition) is 3. The number of rotatable bonds is 5. The molecule has 5 nitrogen and oxygen atoms in total. The topological polar surface area (TPSA) is 41.4 Å². The SMILES string of the molecule is CC(Cn1cc(Br)cn1)C(=O)N1CCN(Cc2c(F)cccc2Cl)CC1. The van der Waals surface area contributed by atoms with Crippen LogP contribution in [-0.2, 0) is 17.9 Å². The Morgan fingerprint density at radius 3 is 2.69 bits per heavy atom. The van der Waals surface area contributed by atoms with E-state index in [0.29, 0.717) is 49.9 Å². The zero-order valence-corrected chi connectivity index (χ0v) is 16.9. The monoisotopic (exact) mass is 442 g/mol. The van der Waals surface area contributed by atoms with Crippen LogP contribution in [0.25, 0.3) is 0 Å². The summed E-state index contributed by atoms with van der Waals surface area (Å²) in [5, 5.41) is 4.65. The molecule has 0 bridgehead atoms. The Kier molecular flexibility index (Phi) is 6.32. The summed E-state index contributed by atoms with van der Waals surface area (Å²) in [6, 6.07) is 4.74. The Hall–Kier alpha value is -1.44. The van der Waals surface area contributed by atoms with Crippen molar-refractivity contribution in [3.05, 3.63) is 51.5 Å². The highest BCUT2D eigenvalue weighted by Gasteiger charge is 2.26. The Morgan fingerprint density at radius 2 is 2.08 bits per heavy atom. The van der Waals surface area contributed by atoms with Gasteiger partial charge in [0, 0.05) is 49.5 Å². The molecule has 1 saturated heterocycles. The van der Waals surface area contributed by atoms with Gasteiger partial charge in [0.15, 0.2) is 0 Å². The van der Waals surface area contributed by atoms with Crippen LogP contribution >= 0.6 is 27.5 Å². The summed E-state index contributed by atoms with van der Waals surface area (Å²) in [5.74, 6) is -0.301. The summed E-state index contributed by atoms with van der Waals surface area (Å²) in [5.41, 5.74) is 0.520. The van der Waals surface area contributed by atoms with Gasteiger partial charge in [-0.05, 0) is 28.1 Å². The fourth-order valence-corrected chi connectivity index (χ4v) is 3.69. The van der Waals surface area contributed by atoms with Crippen LogP contribution in [0.2, 0.25) is 5.02 Å². The molecule has 2 heterocycles. The van der Waals surface area contributed by atoms with E-state index in [4.69, 9.17) is 11.6 Å². The Balaban J connectivity index is 1.52. The van der Waals surface area contributed by atoms with E-state index < -0.39 is 0 Å². The van der Waals surface area contributed by atoms with Crippen molar-refractivity contribution in [2.24, 2.45) is 5.92 Å². The van der Waals surface area contributed by atoms with Gasteiger partial charge in [0.25, 0.3) is 0 Å². The molecule has 1 aliphatic heterocycles. The van der Waals surface area contributed by atoms with Crippen molar-refractivity contribution in [3.63, 3.8) is 0 Å². The van der Waals surface area contributed by atoms with E-state index in [0.717, 1.165) is 4.47 Å². The van der Waals surface area contributed by atoms with E-state index in [9.17, 15) is 9.18 Å². The molecule has 1 fully saturated rings. The summed E-state index contributed by atoms with van der Waals surface area (Å²) in [6.07, 6.45) is 3.57. The first-order valence-corrected chi connectivity index (χ1v) is 9.73. The molecule has 1 atom stereocenters. The second-order valence-corrected chi connectivity index (χ2v) is 7.91. The Labute approximate surface area is 165 Å². The molecule has 3 rings (SSSR count). The first kappa shape index (κ1) is 19.3. The fraction of sp³-hybridized carbons (Fsp3) is 0.444. The average molecular weight is 444 g/mol. The Morgan fingerprint density at radius 1 is 1.35 bits per heavy atom. The normalized spacial score (nSPS) is 16.7. The number of amides is 1. The average Bonchev–Trinajstić information content (AvgIpc) is 3.03. The second-order valence-electron chi connectivity index (χ2n) is 6.58. The number of hydrogen-bond donors (Lipinski definition) is 0. The lowest BCUT2D eigenvalue weighted by Crippen LogP contribution is -2.50. The molecule has 26 heavy (non-hydrogen) atoms. The minimum atomic E-state index is -0.282. The predicted octanol–water partition coefficient (Wildman–Crippen LogP) is 3.42. The standard InChI is InChI=1S/C18H21BrClFN4O/c1-13(10-25-11-14(19)9-22-25)18(26)24-7-5-23(6-8-24)12-15-16(20)3-2-4-17(15)21/h2-4,9,11,13H,5-8,10,12H2,1H3. The number of piperazine rings is 1. The third-order valence-electron chi connectivity index (χ3n) is 4.61. The van der Waals surface area contributed by atoms with E-state index in [1.54, 1.807) is 23.0 Å². The van der Waals surface area contributed by atoms with Gasteiger partial charge in [-0.2, -0.15) is 5.10 Å². The molecule has 1 amide bonds. The van der Waals surface area contributed by atoms with E-state index >= 15 is 0 Å². The van der Waals surface area contributed by atoms with Crippen molar-refractivity contribution in [2.75, 3.05) is 26.2 Å². The number of benzene rings is 1. The van der Waals surface area contributed by atoms with Crippen molar-refractivity contribution in [1.82, 2.24) is 19.6 Å². The van der Waals surface area contributed by atoms with Gasteiger partial charge >= 0.3 is 0 Å². The van der Waals surface area contributed by atoms with Crippen LogP contribution in [-0.4, -0.2) is 51.7 Å².